The number of carbonyl (C=O) groups is 2. The number of sulfone groups is 1. The number of nitrogens with zero attached hydrogens (tertiary/aromatic N) is 4. The lowest BCUT2D eigenvalue weighted by molar-refractivity contribution is -0.137. The second-order valence-electron chi connectivity index (χ2n) is 10.1. The van der Waals surface area contributed by atoms with Gasteiger partial charge in [0, 0.05) is 63.3 Å². The van der Waals surface area contributed by atoms with Crippen molar-refractivity contribution in [3.8, 4) is 11.3 Å². The third-order valence-electron chi connectivity index (χ3n) is 7.65. The first kappa shape index (κ1) is 23.3. The van der Waals surface area contributed by atoms with Crippen LogP contribution in [0.1, 0.15) is 29.5 Å². The van der Waals surface area contributed by atoms with Gasteiger partial charge in [0.05, 0.1) is 23.2 Å². The Hall–Kier alpha value is -3.08. The molecule has 3 aliphatic heterocycles. The summed E-state index contributed by atoms with van der Waals surface area (Å²) in [6.07, 6.45) is 2.94. The summed E-state index contributed by atoms with van der Waals surface area (Å²) < 4.78 is 25.8. The van der Waals surface area contributed by atoms with Crippen LogP contribution in [0.3, 0.4) is 0 Å². The highest BCUT2D eigenvalue weighted by Gasteiger charge is 2.34. The highest BCUT2D eigenvalue weighted by Crippen LogP contribution is 2.32. The average molecular weight is 508 g/mol. The van der Waals surface area contributed by atoms with Crippen molar-refractivity contribution in [3.05, 3.63) is 53.2 Å². The van der Waals surface area contributed by atoms with Gasteiger partial charge in [-0.3, -0.25) is 24.7 Å². The smallest absolute Gasteiger partial charge is 0.243 e. The van der Waals surface area contributed by atoms with Crippen LogP contribution in [0.2, 0.25) is 0 Å². The van der Waals surface area contributed by atoms with Crippen LogP contribution >= 0.6 is 0 Å². The van der Waals surface area contributed by atoms with E-state index in [0.717, 1.165) is 27.9 Å². The van der Waals surface area contributed by atoms with Gasteiger partial charge in [0.15, 0.2) is 9.84 Å². The van der Waals surface area contributed by atoms with Crippen molar-refractivity contribution in [2.24, 2.45) is 7.05 Å². The molecule has 1 atom stereocenters. The number of aromatic nitrogens is 2. The number of benzene rings is 1. The Kier molecular flexibility index (Phi) is 5.70. The fourth-order valence-electron chi connectivity index (χ4n) is 5.56. The molecule has 0 bridgehead atoms. The largest absolute Gasteiger partial charge is 0.336 e. The molecule has 0 aliphatic carbocycles. The van der Waals surface area contributed by atoms with E-state index in [9.17, 15) is 18.0 Å². The molecule has 2 saturated heterocycles. The van der Waals surface area contributed by atoms with Crippen molar-refractivity contribution in [1.82, 2.24) is 24.7 Å². The van der Waals surface area contributed by atoms with Crippen molar-refractivity contribution in [2.45, 2.75) is 38.5 Å². The zero-order valence-electron chi connectivity index (χ0n) is 20.2. The third-order valence-corrected chi connectivity index (χ3v) is 9.26. The first-order valence-electron chi connectivity index (χ1n) is 12.3. The van der Waals surface area contributed by atoms with E-state index in [0.29, 0.717) is 45.6 Å². The summed E-state index contributed by atoms with van der Waals surface area (Å²) in [6, 6.07) is 10.3. The standard InChI is InChI=1S/C26H29N5O4S/c1-29-7-6-21-20(14-30-8-10-36(34,35)11-9-30)13-22(27-25(21)29)17-2-3-18-15-31(16-19(18)12-17)23-4-5-24(32)28-26(23)33/h2-3,6-7,12-13,23H,4-5,8-11,14-16H2,1H3,(H,28,32,33). The first-order chi connectivity index (χ1) is 17.3. The Balaban J connectivity index is 1.28. The monoisotopic (exact) mass is 507 g/mol. The summed E-state index contributed by atoms with van der Waals surface area (Å²) in [5.74, 6) is 0.0130. The highest BCUT2D eigenvalue weighted by molar-refractivity contribution is 7.91. The van der Waals surface area contributed by atoms with E-state index >= 15 is 0 Å². The molecular weight excluding hydrogens is 478 g/mol. The molecule has 6 rings (SSSR count). The topological polar surface area (TPSA) is 105 Å². The van der Waals surface area contributed by atoms with Crippen LogP contribution in [-0.4, -0.2) is 70.2 Å². The Morgan fingerprint density at radius 3 is 2.61 bits per heavy atom. The van der Waals surface area contributed by atoms with E-state index in [4.69, 9.17) is 4.98 Å². The molecule has 1 unspecified atom stereocenters. The number of nitrogens with one attached hydrogen (secondary N) is 1. The molecule has 188 valence electrons. The molecule has 2 amide bonds. The minimum atomic E-state index is -2.93. The van der Waals surface area contributed by atoms with Gasteiger partial charge in [0.25, 0.3) is 0 Å². The van der Waals surface area contributed by atoms with E-state index in [2.05, 4.69) is 45.4 Å². The lowest BCUT2D eigenvalue weighted by Gasteiger charge is -2.29. The van der Waals surface area contributed by atoms with Crippen LogP contribution in [0.15, 0.2) is 36.5 Å². The minimum absolute atomic E-state index is 0.195. The fraction of sp³-hybridized carbons (Fsp3) is 0.423. The van der Waals surface area contributed by atoms with Gasteiger partial charge in [-0.25, -0.2) is 13.4 Å². The van der Waals surface area contributed by atoms with Crippen LogP contribution in [0.25, 0.3) is 22.3 Å². The zero-order chi connectivity index (χ0) is 25.0. The van der Waals surface area contributed by atoms with E-state index in [1.807, 2.05) is 17.8 Å². The van der Waals surface area contributed by atoms with Crippen molar-refractivity contribution < 1.29 is 18.0 Å². The van der Waals surface area contributed by atoms with Crippen molar-refractivity contribution in [1.29, 1.82) is 0 Å². The molecule has 1 aromatic carbocycles. The molecule has 0 radical (unpaired) electrons. The summed E-state index contributed by atoms with van der Waals surface area (Å²) in [5, 5.41) is 3.55. The summed E-state index contributed by atoms with van der Waals surface area (Å²) in [7, 11) is -0.943. The molecule has 10 heteroatoms. The Morgan fingerprint density at radius 1 is 1.06 bits per heavy atom. The molecule has 0 saturated carbocycles. The van der Waals surface area contributed by atoms with Crippen molar-refractivity contribution in [3.63, 3.8) is 0 Å². The quantitative estimate of drug-likeness (QED) is 0.535. The molecule has 2 fully saturated rings. The summed E-state index contributed by atoms with van der Waals surface area (Å²) >= 11 is 0. The molecular formula is C26H29N5O4S. The molecule has 36 heavy (non-hydrogen) atoms. The average Bonchev–Trinajstić information content (AvgIpc) is 3.43. The number of fused-ring (bicyclic) bond motifs is 2. The van der Waals surface area contributed by atoms with Gasteiger partial charge in [-0.2, -0.15) is 0 Å². The summed E-state index contributed by atoms with van der Waals surface area (Å²) in [5.41, 5.74) is 6.31. The number of hydrogen-bond donors (Lipinski definition) is 1. The van der Waals surface area contributed by atoms with E-state index < -0.39 is 9.84 Å². The lowest BCUT2D eigenvalue weighted by atomic mass is 10.0. The van der Waals surface area contributed by atoms with Crippen molar-refractivity contribution >= 4 is 32.7 Å². The number of hydrogen-bond acceptors (Lipinski definition) is 7. The molecule has 1 N–H and O–H groups in total. The van der Waals surface area contributed by atoms with Gasteiger partial charge in [-0.05, 0) is 41.3 Å². The SMILES string of the molecule is Cn1ccc2c(CN3CCS(=O)(=O)CC3)cc(-c3ccc4c(c3)CN(C3CCC(=O)NC3=O)C4)nc21. The molecule has 2 aromatic heterocycles. The maximum absolute atomic E-state index is 12.4. The summed E-state index contributed by atoms with van der Waals surface area (Å²) in [4.78, 5) is 33.2. The van der Waals surface area contributed by atoms with E-state index in [1.165, 1.54) is 11.1 Å². The number of piperidine rings is 1. The number of amides is 2. The number of aryl methyl sites for hydroxylation is 1. The molecule has 3 aliphatic rings. The second kappa shape index (κ2) is 8.79. The van der Waals surface area contributed by atoms with Gasteiger partial charge in [-0.15, -0.1) is 0 Å². The lowest BCUT2D eigenvalue weighted by Crippen LogP contribution is -2.50. The molecule has 9 nitrogen and oxygen atoms in total. The normalized spacial score (nSPS) is 22.6. The maximum atomic E-state index is 12.4. The Morgan fingerprint density at radius 2 is 1.83 bits per heavy atom. The minimum Gasteiger partial charge on any atom is -0.336 e. The van der Waals surface area contributed by atoms with Crippen LogP contribution in [-0.2, 0) is 46.1 Å². The predicted octanol–water partition coefficient (Wildman–Crippen LogP) is 1.59. The third kappa shape index (κ3) is 4.33. The van der Waals surface area contributed by atoms with Gasteiger partial charge in [0.2, 0.25) is 11.8 Å². The number of carbonyl (C=O) groups excluding carboxylic acids is 2. The number of pyridine rings is 1. The Bertz CT molecular complexity index is 1480. The van der Waals surface area contributed by atoms with Gasteiger partial charge in [-0.1, -0.05) is 12.1 Å². The molecule has 0 spiro atoms. The van der Waals surface area contributed by atoms with Crippen LogP contribution < -0.4 is 5.32 Å². The Labute approximate surface area is 210 Å². The number of rotatable bonds is 4. The first-order valence-corrected chi connectivity index (χ1v) is 14.2. The molecule has 3 aromatic rings. The predicted molar refractivity (Wildman–Crippen MR) is 135 cm³/mol. The second-order valence-corrected chi connectivity index (χ2v) is 12.4. The van der Waals surface area contributed by atoms with Crippen LogP contribution in [0.5, 0.6) is 0 Å². The number of imide groups is 1. The maximum Gasteiger partial charge on any atom is 0.243 e. The van der Waals surface area contributed by atoms with E-state index in [1.54, 1.807) is 0 Å². The van der Waals surface area contributed by atoms with Gasteiger partial charge >= 0.3 is 0 Å². The molecule has 5 heterocycles. The fourth-order valence-corrected chi connectivity index (χ4v) is 6.84. The van der Waals surface area contributed by atoms with Crippen LogP contribution in [0, 0.1) is 0 Å². The van der Waals surface area contributed by atoms with E-state index in [-0.39, 0.29) is 29.4 Å². The zero-order valence-corrected chi connectivity index (χ0v) is 21.1. The van der Waals surface area contributed by atoms with Gasteiger partial charge in [0.1, 0.15) is 5.65 Å². The highest BCUT2D eigenvalue weighted by atomic mass is 32.2. The summed E-state index contributed by atoms with van der Waals surface area (Å²) in [6.45, 7) is 3.12. The van der Waals surface area contributed by atoms with Gasteiger partial charge < -0.3 is 4.57 Å². The van der Waals surface area contributed by atoms with Crippen LogP contribution in [0.4, 0.5) is 0 Å². The van der Waals surface area contributed by atoms with Crippen molar-refractivity contribution in [2.75, 3.05) is 24.6 Å².